The SMILES string of the molecule is CC(CC(C)(O)CN)OCCC(F)(F)F. The third-order valence-corrected chi connectivity index (χ3v) is 1.95. The Kier molecular flexibility index (Phi) is 5.55. The number of nitrogens with two attached hydrogens (primary N) is 1. The van der Waals surface area contributed by atoms with Crippen LogP contribution in [0.5, 0.6) is 0 Å². The summed E-state index contributed by atoms with van der Waals surface area (Å²) >= 11 is 0. The second-order valence-corrected chi connectivity index (χ2v) is 3.95. The van der Waals surface area contributed by atoms with Crippen LogP contribution in [0, 0.1) is 0 Å². The molecule has 0 aliphatic rings. The van der Waals surface area contributed by atoms with Crippen LogP contribution in [0.15, 0.2) is 0 Å². The molecule has 0 aromatic carbocycles. The van der Waals surface area contributed by atoms with Crippen LogP contribution in [0.2, 0.25) is 0 Å². The summed E-state index contributed by atoms with van der Waals surface area (Å²) < 4.78 is 40.2. The van der Waals surface area contributed by atoms with Gasteiger partial charge in [0.15, 0.2) is 0 Å². The minimum Gasteiger partial charge on any atom is -0.389 e. The van der Waals surface area contributed by atoms with Crippen molar-refractivity contribution in [1.82, 2.24) is 0 Å². The van der Waals surface area contributed by atoms with Crippen molar-refractivity contribution in [2.24, 2.45) is 5.73 Å². The van der Waals surface area contributed by atoms with Gasteiger partial charge in [-0.25, -0.2) is 0 Å². The summed E-state index contributed by atoms with van der Waals surface area (Å²) in [6.07, 6.45) is -5.38. The Labute approximate surface area is 87.4 Å². The fourth-order valence-corrected chi connectivity index (χ4v) is 1.14. The molecule has 0 heterocycles. The van der Waals surface area contributed by atoms with E-state index in [0.717, 1.165) is 0 Å². The Morgan fingerprint density at radius 1 is 1.40 bits per heavy atom. The number of rotatable bonds is 6. The maximum atomic E-state index is 11.8. The van der Waals surface area contributed by atoms with Crippen molar-refractivity contribution in [2.45, 2.75) is 44.6 Å². The number of hydrogen-bond acceptors (Lipinski definition) is 3. The van der Waals surface area contributed by atoms with Gasteiger partial charge in [-0.1, -0.05) is 0 Å². The molecule has 0 bridgehead atoms. The molecule has 0 aromatic rings. The second-order valence-electron chi connectivity index (χ2n) is 3.95. The highest BCUT2D eigenvalue weighted by Gasteiger charge is 2.28. The number of ether oxygens (including phenoxy) is 1. The Morgan fingerprint density at radius 2 is 1.93 bits per heavy atom. The lowest BCUT2D eigenvalue weighted by atomic mass is 9.99. The van der Waals surface area contributed by atoms with Gasteiger partial charge in [0.2, 0.25) is 0 Å². The largest absolute Gasteiger partial charge is 0.391 e. The first-order valence-electron chi connectivity index (χ1n) is 4.77. The minimum atomic E-state index is -4.20. The van der Waals surface area contributed by atoms with Crippen molar-refractivity contribution in [3.8, 4) is 0 Å². The summed E-state index contributed by atoms with van der Waals surface area (Å²) in [5.41, 5.74) is 4.18. The zero-order chi connectivity index (χ0) is 12.1. The molecule has 2 atom stereocenters. The fraction of sp³-hybridized carbons (Fsp3) is 1.00. The Bertz CT molecular complexity index is 183. The maximum absolute atomic E-state index is 11.8. The third kappa shape index (κ3) is 8.65. The Morgan fingerprint density at radius 3 is 2.33 bits per heavy atom. The van der Waals surface area contributed by atoms with Gasteiger partial charge in [0.05, 0.1) is 24.7 Å². The average Bonchev–Trinajstić information content (AvgIpc) is 2.00. The lowest BCUT2D eigenvalue weighted by molar-refractivity contribution is -0.150. The van der Waals surface area contributed by atoms with Crippen molar-refractivity contribution < 1.29 is 23.0 Å². The summed E-state index contributed by atoms with van der Waals surface area (Å²) in [6, 6.07) is 0. The summed E-state index contributed by atoms with van der Waals surface area (Å²) in [4.78, 5) is 0. The predicted molar refractivity (Wildman–Crippen MR) is 50.4 cm³/mol. The summed E-state index contributed by atoms with van der Waals surface area (Å²) in [7, 11) is 0. The fourth-order valence-electron chi connectivity index (χ4n) is 1.14. The van der Waals surface area contributed by atoms with Crippen molar-refractivity contribution in [1.29, 1.82) is 0 Å². The number of hydrogen-bond donors (Lipinski definition) is 2. The molecule has 3 nitrogen and oxygen atoms in total. The molecule has 0 saturated carbocycles. The van der Waals surface area contributed by atoms with Gasteiger partial charge in [-0.2, -0.15) is 13.2 Å². The van der Waals surface area contributed by atoms with Gasteiger partial charge < -0.3 is 15.6 Å². The molecular weight excluding hydrogens is 211 g/mol. The molecule has 0 rings (SSSR count). The number of alkyl halides is 3. The molecule has 0 spiro atoms. The van der Waals surface area contributed by atoms with Gasteiger partial charge in [0.1, 0.15) is 0 Å². The van der Waals surface area contributed by atoms with Crippen molar-refractivity contribution in [2.75, 3.05) is 13.2 Å². The molecule has 0 aliphatic heterocycles. The Hall–Kier alpha value is -0.330. The van der Waals surface area contributed by atoms with Gasteiger partial charge in [-0.15, -0.1) is 0 Å². The molecule has 0 aromatic heterocycles. The molecule has 0 radical (unpaired) electrons. The van der Waals surface area contributed by atoms with Crippen LogP contribution in [-0.4, -0.2) is 36.1 Å². The standard InChI is InChI=1S/C9H18F3NO2/c1-7(5-8(2,14)6-13)15-4-3-9(10,11)12/h7,14H,3-6,13H2,1-2H3. The summed E-state index contributed by atoms with van der Waals surface area (Å²) in [5, 5.41) is 9.53. The molecule has 0 saturated heterocycles. The van der Waals surface area contributed by atoms with Crippen LogP contribution in [-0.2, 0) is 4.74 Å². The van der Waals surface area contributed by atoms with Crippen LogP contribution in [0.25, 0.3) is 0 Å². The molecule has 0 amide bonds. The first-order valence-corrected chi connectivity index (χ1v) is 4.77. The minimum absolute atomic E-state index is 0.0555. The van der Waals surface area contributed by atoms with E-state index in [1.54, 1.807) is 6.92 Å². The van der Waals surface area contributed by atoms with Crippen LogP contribution in [0.4, 0.5) is 13.2 Å². The molecule has 92 valence electrons. The lowest BCUT2D eigenvalue weighted by Crippen LogP contribution is -2.38. The summed E-state index contributed by atoms with van der Waals surface area (Å²) in [6.45, 7) is 2.81. The van der Waals surface area contributed by atoms with Crippen molar-refractivity contribution >= 4 is 0 Å². The molecule has 6 heteroatoms. The van der Waals surface area contributed by atoms with Crippen molar-refractivity contribution in [3.05, 3.63) is 0 Å². The van der Waals surface area contributed by atoms with Gasteiger partial charge >= 0.3 is 6.18 Å². The molecule has 0 fully saturated rings. The third-order valence-electron chi connectivity index (χ3n) is 1.95. The quantitative estimate of drug-likeness (QED) is 0.724. The van der Waals surface area contributed by atoms with Crippen LogP contribution in [0.1, 0.15) is 26.7 Å². The van der Waals surface area contributed by atoms with E-state index in [0.29, 0.717) is 0 Å². The molecule has 0 aliphatic carbocycles. The van der Waals surface area contributed by atoms with Gasteiger partial charge in [-0.3, -0.25) is 0 Å². The van der Waals surface area contributed by atoms with E-state index in [-0.39, 0.29) is 19.6 Å². The molecule has 15 heavy (non-hydrogen) atoms. The first kappa shape index (κ1) is 14.7. The normalized spacial score (nSPS) is 18.6. The zero-order valence-corrected chi connectivity index (χ0v) is 8.97. The number of aliphatic hydroxyl groups is 1. The van der Waals surface area contributed by atoms with Gasteiger partial charge in [0, 0.05) is 13.0 Å². The molecule has 3 N–H and O–H groups in total. The topological polar surface area (TPSA) is 55.5 Å². The van der Waals surface area contributed by atoms with Gasteiger partial charge in [0.25, 0.3) is 0 Å². The first-order chi connectivity index (χ1) is 6.66. The van der Waals surface area contributed by atoms with Crippen molar-refractivity contribution in [3.63, 3.8) is 0 Å². The second kappa shape index (κ2) is 5.67. The lowest BCUT2D eigenvalue weighted by Gasteiger charge is -2.25. The van der Waals surface area contributed by atoms with E-state index in [9.17, 15) is 18.3 Å². The monoisotopic (exact) mass is 229 g/mol. The van der Waals surface area contributed by atoms with E-state index in [1.807, 2.05) is 0 Å². The highest BCUT2D eigenvalue weighted by atomic mass is 19.4. The van der Waals surface area contributed by atoms with Crippen LogP contribution >= 0.6 is 0 Å². The zero-order valence-electron chi connectivity index (χ0n) is 8.97. The summed E-state index contributed by atoms with van der Waals surface area (Å²) in [5.74, 6) is 0. The smallest absolute Gasteiger partial charge is 0.389 e. The van der Waals surface area contributed by atoms with E-state index in [2.05, 4.69) is 0 Å². The van der Waals surface area contributed by atoms with E-state index in [4.69, 9.17) is 10.5 Å². The highest BCUT2D eigenvalue weighted by Crippen LogP contribution is 2.20. The van der Waals surface area contributed by atoms with E-state index < -0.39 is 24.3 Å². The average molecular weight is 229 g/mol. The number of halogens is 3. The highest BCUT2D eigenvalue weighted by molar-refractivity contribution is 4.76. The van der Waals surface area contributed by atoms with E-state index >= 15 is 0 Å². The van der Waals surface area contributed by atoms with Crippen LogP contribution in [0.3, 0.4) is 0 Å². The molecule has 2 unspecified atom stereocenters. The Balaban J connectivity index is 3.71. The predicted octanol–water partition coefficient (Wildman–Crippen LogP) is 1.44. The van der Waals surface area contributed by atoms with Crippen LogP contribution < -0.4 is 5.73 Å². The maximum Gasteiger partial charge on any atom is 0.391 e. The molecular formula is C9H18F3NO2. The van der Waals surface area contributed by atoms with Gasteiger partial charge in [-0.05, 0) is 13.8 Å². The van der Waals surface area contributed by atoms with E-state index in [1.165, 1.54) is 6.92 Å².